The Kier molecular flexibility index (Phi) is 2.38. The number of nitrogens with two attached hydrogens (primary N) is 1. The standard InChI is InChI=1S/C13H12ClN3/c14-10-3-1-9(2-4-10)11-5-8-16-12(17-11)13(15)6-7-13/h1-5,8H,6-7,15H2. The van der Waals surface area contributed by atoms with Crippen molar-refractivity contribution in [1.82, 2.24) is 9.97 Å². The first-order chi connectivity index (χ1) is 8.17. The van der Waals surface area contributed by atoms with Crippen LogP contribution in [0.1, 0.15) is 18.7 Å². The van der Waals surface area contributed by atoms with Crippen LogP contribution in [0.25, 0.3) is 11.3 Å². The molecule has 1 heterocycles. The van der Waals surface area contributed by atoms with Crippen molar-refractivity contribution in [3.8, 4) is 11.3 Å². The highest BCUT2D eigenvalue weighted by atomic mass is 35.5. The molecule has 1 aromatic heterocycles. The third-order valence-corrected chi connectivity index (χ3v) is 3.28. The molecule has 1 fully saturated rings. The van der Waals surface area contributed by atoms with Crippen molar-refractivity contribution in [3.63, 3.8) is 0 Å². The summed E-state index contributed by atoms with van der Waals surface area (Å²) in [6.45, 7) is 0. The van der Waals surface area contributed by atoms with Gasteiger partial charge in [-0.2, -0.15) is 0 Å². The Balaban J connectivity index is 2.00. The summed E-state index contributed by atoms with van der Waals surface area (Å²) in [5.41, 5.74) is 7.73. The molecule has 86 valence electrons. The summed E-state index contributed by atoms with van der Waals surface area (Å²) in [6.07, 6.45) is 3.70. The van der Waals surface area contributed by atoms with Crippen molar-refractivity contribution in [3.05, 3.63) is 47.4 Å². The average molecular weight is 246 g/mol. The van der Waals surface area contributed by atoms with Gasteiger partial charge in [-0.1, -0.05) is 23.7 Å². The van der Waals surface area contributed by atoms with Crippen LogP contribution < -0.4 is 5.73 Å². The highest BCUT2D eigenvalue weighted by Gasteiger charge is 2.43. The molecular formula is C13H12ClN3. The summed E-state index contributed by atoms with van der Waals surface area (Å²) in [4.78, 5) is 8.78. The SMILES string of the molecule is NC1(c2nccc(-c3ccc(Cl)cc3)n2)CC1. The second-order valence-electron chi connectivity index (χ2n) is 4.43. The second-order valence-corrected chi connectivity index (χ2v) is 4.86. The molecule has 1 saturated carbocycles. The molecule has 0 spiro atoms. The lowest BCUT2D eigenvalue weighted by Gasteiger charge is -2.08. The Morgan fingerprint density at radius 3 is 2.47 bits per heavy atom. The molecule has 0 atom stereocenters. The summed E-state index contributed by atoms with van der Waals surface area (Å²) < 4.78 is 0. The first-order valence-electron chi connectivity index (χ1n) is 5.56. The molecule has 2 N–H and O–H groups in total. The fourth-order valence-corrected chi connectivity index (χ4v) is 1.86. The van der Waals surface area contributed by atoms with Gasteiger partial charge < -0.3 is 5.73 Å². The summed E-state index contributed by atoms with van der Waals surface area (Å²) in [7, 11) is 0. The highest BCUT2D eigenvalue weighted by molar-refractivity contribution is 6.30. The minimum Gasteiger partial charge on any atom is -0.319 e. The molecule has 1 aromatic carbocycles. The molecule has 0 radical (unpaired) electrons. The van der Waals surface area contributed by atoms with Crippen molar-refractivity contribution < 1.29 is 0 Å². The lowest BCUT2D eigenvalue weighted by molar-refractivity contribution is 0.673. The zero-order valence-corrected chi connectivity index (χ0v) is 9.98. The first-order valence-corrected chi connectivity index (χ1v) is 5.94. The van der Waals surface area contributed by atoms with E-state index in [2.05, 4.69) is 9.97 Å². The number of hydrogen-bond donors (Lipinski definition) is 1. The van der Waals surface area contributed by atoms with Gasteiger partial charge in [0.1, 0.15) is 5.82 Å². The second kappa shape index (κ2) is 3.79. The molecular weight excluding hydrogens is 234 g/mol. The van der Waals surface area contributed by atoms with Crippen LogP contribution in [-0.2, 0) is 5.54 Å². The first kappa shape index (κ1) is 10.7. The molecule has 2 aromatic rings. The zero-order chi connectivity index (χ0) is 11.9. The summed E-state index contributed by atoms with van der Waals surface area (Å²) in [5, 5.41) is 0.723. The van der Waals surface area contributed by atoms with Gasteiger partial charge in [-0.15, -0.1) is 0 Å². The van der Waals surface area contributed by atoms with Crippen LogP contribution >= 0.6 is 11.6 Å². The van der Waals surface area contributed by atoms with Gasteiger partial charge in [-0.25, -0.2) is 9.97 Å². The Hall–Kier alpha value is -1.45. The lowest BCUT2D eigenvalue weighted by atomic mass is 10.1. The molecule has 1 aliphatic rings. The topological polar surface area (TPSA) is 51.8 Å². The molecule has 3 rings (SSSR count). The summed E-state index contributed by atoms with van der Waals surface area (Å²) in [6, 6.07) is 9.50. The molecule has 4 heteroatoms. The molecule has 0 amide bonds. The molecule has 0 bridgehead atoms. The van der Waals surface area contributed by atoms with E-state index in [1.165, 1.54) is 0 Å². The number of aromatic nitrogens is 2. The van der Waals surface area contributed by atoms with E-state index in [9.17, 15) is 0 Å². The number of halogens is 1. The monoisotopic (exact) mass is 245 g/mol. The van der Waals surface area contributed by atoms with Crippen LogP contribution in [0.15, 0.2) is 36.5 Å². The number of nitrogens with zero attached hydrogens (tertiary/aromatic N) is 2. The minimum atomic E-state index is -0.289. The van der Waals surface area contributed by atoms with Gasteiger partial charge in [0.2, 0.25) is 0 Å². The van der Waals surface area contributed by atoms with Gasteiger partial charge in [0.05, 0.1) is 11.2 Å². The minimum absolute atomic E-state index is 0.289. The molecule has 1 aliphatic carbocycles. The van der Waals surface area contributed by atoms with Crippen LogP contribution in [0.3, 0.4) is 0 Å². The van der Waals surface area contributed by atoms with Crippen molar-refractivity contribution in [2.45, 2.75) is 18.4 Å². The molecule has 3 nitrogen and oxygen atoms in total. The van der Waals surface area contributed by atoms with E-state index in [1.807, 2.05) is 30.3 Å². The molecule has 0 aliphatic heterocycles. The van der Waals surface area contributed by atoms with Crippen LogP contribution in [0.5, 0.6) is 0 Å². The maximum absolute atomic E-state index is 6.09. The van der Waals surface area contributed by atoms with E-state index >= 15 is 0 Å². The van der Waals surface area contributed by atoms with Crippen LogP contribution in [0.2, 0.25) is 5.02 Å². The number of hydrogen-bond acceptors (Lipinski definition) is 3. The predicted octanol–water partition coefficient (Wildman–Crippen LogP) is 2.74. The van der Waals surface area contributed by atoms with Crippen molar-refractivity contribution >= 4 is 11.6 Å². The van der Waals surface area contributed by atoms with Crippen molar-refractivity contribution in [1.29, 1.82) is 0 Å². The van der Waals surface area contributed by atoms with E-state index in [4.69, 9.17) is 17.3 Å². The normalized spacial score (nSPS) is 16.8. The zero-order valence-electron chi connectivity index (χ0n) is 9.23. The Labute approximate surface area is 105 Å². The van der Waals surface area contributed by atoms with Gasteiger partial charge in [0.25, 0.3) is 0 Å². The quantitative estimate of drug-likeness (QED) is 0.885. The van der Waals surface area contributed by atoms with E-state index < -0.39 is 0 Å². The van der Waals surface area contributed by atoms with Gasteiger partial charge >= 0.3 is 0 Å². The number of rotatable bonds is 2. The predicted molar refractivity (Wildman–Crippen MR) is 67.6 cm³/mol. The van der Waals surface area contributed by atoms with Gasteiger partial charge in [0.15, 0.2) is 0 Å². The smallest absolute Gasteiger partial charge is 0.148 e. The number of benzene rings is 1. The third-order valence-electron chi connectivity index (χ3n) is 3.03. The molecule has 17 heavy (non-hydrogen) atoms. The Morgan fingerprint density at radius 2 is 1.82 bits per heavy atom. The van der Waals surface area contributed by atoms with Crippen molar-refractivity contribution in [2.75, 3.05) is 0 Å². The summed E-state index contributed by atoms with van der Waals surface area (Å²) in [5.74, 6) is 0.741. The van der Waals surface area contributed by atoms with E-state index in [0.29, 0.717) is 0 Å². The maximum atomic E-state index is 6.09. The van der Waals surface area contributed by atoms with E-state index in [0.717, 1.165) is 34.9 Å². The molecule has 0 unspecified atom stereocenters. The summed E-state index contributed by atoms with van der Waals surface area (Å²) >= 11 is 5.86. The lowest BCUT2D eigenvalue weighted by Crippen LogP contribution is -2.22. The molecule has 0 saturated heterocycles. The van der Waals surface area contributed by atoms with Crippen LogP contribution in [-0.4, -0.2) is 9.97 Å². The van der Waals surface area contributed by atoms with E-state index in [-0.39, 0.29) is 5.54 Å². The van der Waals surface area contributed by atoms with Gasteiger partial charge in [-0.3, -0.25) is 0 Å². The average Bonchev–Trinajstić information content (AvgIpc) is 3.10. The third kappa shape index (κ3) is 2.04. The van der Waals surface area contributed by atoms with Gasteiger partial charge in [-0.05, 0) is 31.0 Å². The maximum Gasteiger partial charge on any atom is 0.148 e. The fraction of sp³-hybridized carbons (Fsp3) is 0.231. The van der Waals surface area contributed by atoms with Crippen LogP contribution in [0, 0.1) is 0 Å². The largest absolute Gasteiger partial charge is 0.319 e. The van der Waals surface area contributed by atoms with Crippen molar-refractivity contribution in [2.24, 2.45) is 5.73 Å². The fourth-order valence-electron chi connectivity index (χ4n) is 1.74. The Bertz CT molecular complexity index is 547. The highest BCUT2D eigenvalue weighted by Crippen LogP contribution is 2.40. The van der Waals surface area contributed by atoms with Crippen LogP contribution in [0.4, 0.5) is 0 Å². The Morgan fingerprint density at radius 1 is 1.12 bits per heavy atom. The van der Waals surface area contributed by atoms with E-state index in [1.54, 1.807) is 6.20 Å². The van der Waals surface area contributed by atoms with Gasteiger partial charge in [0, 0.05) is 16.8 Å².